The Balaban J connectivity index is 2.23. The minimum atomic E-state index is -3.19. The first kappa shape index (κ1) is 17.0. The smallest absolute Gasteiger partial charge is 0.348 e. The van der Waals surface area contributed by atoms with E-state index in [1.165, 1.54) is 0 Å². The predicted octanol–water partition coefficient (Wildman–Crippen LogP) is 4.87. The third kappa shape index (κ3) is 3.70. The lowest BCUT2D eigenvalue weighted by atomic mass is 9.99. The summed E-state index contributed by atoms with van der Waals surface area (Å²) in [5.41, 5.74) is -0.206. The van der Waals surface area contributed by atoms with Crippen molar-refractivity contribution >= 4 is 13.1 Å². The monoisotopic (exact) mass is 318 g/mol. The van der Waals surface area contributed by atoms with E-state index in [-0.39, 0.29) is 17.9 Å². The number of carbonyl (C=O) groups is 1. The van der Waals surface area contributed by atoms with Crippen molar-refractivity contribution in [2.24, 2.45) is 0 Å². The largest absolute Gasteiger partial charge is 0.463 e. The number of rotatable bonds is 5. The SMILES string of the molecule is CCOC(=O)C(F)P(=O)(C1CCCCC1)C1CCCCC1. The summed E-state index contributed by atoms with van der Waals surface area (Å²) in [4.78, 5) is 11.9. The van der Waals surface area contributed by atoms with Gasteiger partial charge >= 0.3 is 5.97 Å². The van der Waals surface area contributed by atoms with E-state index in [0.717, 1.165) is 64.2 Å². The van der Waals surface area contributed by atoms with Crippen molar-refractivity contribution in [2.75, 3.05) is 6.61 Å². The number of halogens is 1. The second-order valence-corrected chi connectivity index (χ2v) is 9.88. The Hall–Kier alpha value is -0.370. The van der Waals surface area contributed by atoms with Gasteiger partial charge in [0, 0.05) is 11.3 Å². The van der Waals surface area contributed by atoms with Crippen molar-refractivity contribution in [3.63, 3.8) is 0 Å². The van der Waals surface area contributed by atoms with Crippen LogP contribution >= 0.6 is 7.14 Å². The third-order valence-electron chi connectivity index (χ3n) is 5.13. The molecule has 0 aromatic heterocycles. The fourth-order valence-electron chi connectivity index (χ4n) is 4.01. The van der Waals surface area contributed by atoms with E-state index in [9.17, 15) is 13.8 Å². The third-order valence-corrected chi connectivity index (χ3v) is 9.36. The van der Waals surface area contributed by atoms with Gasteiger partial charge in [0.05, 0.1) is 6.61 Å². The fraction of sp³-hybridized carbons (Fsp3) is 0.938. The van der Waals surface area contributed by atoms with Gasteiger partial charge in [0.25, 0.3) is 0 Å². The van der Waals surface area contributed by atoms with Gasteiger partial charge in [-0.1, -0.05) is 38.5 Å². The molecule has 0 heterocycles. The lowest BCUT2D eigenvalue weighted by Gasteiger charge is -2.39. The molecule has 0 N–H and O–H groups in total. The second-order valence-electron chi connectivity index (χ2n) is 6.43. The molecule has 5 heteroatoms. The highest BCUT2D eigenvalue weighted by Crippen LogP contribution is 2.66. The molecule has 0 aliphatic heterocycles. The summed E-state index contributed by atoms with van der Waals surface area (Å²) >= 11 is 0. The summed E-state index contributed by atoms with van der Waals surface area (Å²) in [6, 6.07) is 0. The van der Waals surface area contributed by atoms with E-state index >= 15 is 0 Å². The van der Waals surface area contributed by atoms with Crippen LogP contribution in [-0.2, 0) is 14.1 Å². The van der Waals surface area contributed by atoms with Crippen molar-refractivity contribution < 1.29 is 18.5 Å². The Kier molecular flexibility index (Phi) is 6.28. The lowest BCUT2D eigenvalue weighted by Crippen LogP contribution is -2.33. The van der Waals surface area contributed by atoms with Crippen molar-refractivity contribution in [2.45, 2.75) is 88.4 Å². The topological polar surface area (TPSA) is 43.4 Å². The highest BCUT2D eigenvalue weighted by molar-refractivity contribution is 7.66. The van der Waals surface area contributed by atoms with Crippen molar-refractivity contribution in [3.05, 3.63) is 0 Å². The number of ether oxygens (including phenoxy) is 1. The van der Waals surface area contributed by atoms with Gasteiger partial charge in [-0.15, -0.1) is 0 Å². The maximum Gasteiger partial charge on any atom is 0.348 e. The van der Waals surface area contributed by atoms with Crippen LogP contribution in [0.15, 0.2) is 0 Å². The normalized spacial score (nSPS) is 23.7. The Bertz CT molecular complexity index is 365. The van der Waals surface area contributed by atoms with Gasteiger partial charge in [-0.25, -0.2) is 9.18 Å². The molecule has 2 aliphatic carbocycles. The molecule has 1 atom stereocenters. The van der Waals surface area contributed by atoms with Crippen LogP contribution in [0.5, 0.6) is 0 Å². The van der Waals surface area contributed by atoms with Crippen LogP contribution in [0.1, 0.15) is 71.1 Å². The zero-order chi connectivity index (χ0) is 15.3. The molecule has 3 nitrogen and oxygen atoms in total. The summed E-state index contributed by atoms with van der Waals surface area (Å²) in [7, 11) is -3.19. The average molecular weight is 318 g/mol. The summed E-state index contributed by atoms with van der Waals surface area (Å²) < 4.78 is 33.4. The van der Waals surface area contributed by atoms with Crippen LogP contribution in [0.25, 0.3) is 0 Å². The molecule has 1 unspecified atom stereocenters. The predicted molar refractivity (Wildman–Crippen MR) is 82.9 cm³/mol. The number of carbonyl (C=O) groups excluding carboxylic acids is 1. The first-order chi connectivity index (χ1) is 10.1. The van der Waals surface area contributed by atoms with E-state index in [0.29, 0.717) is 0 Å². The Morgan fingerprint density at radius 2 is 1.48 bits per heavy atom. The molecule has 0 spiro atoms. The first-order valence-electron chi connectivity index (χ1n) is 8.50. The molecule has 0 saturated heterocycles. The zero-order valence-corrected chi connectivity index (χ0v) is 14.0. The van der Waals surface area contributed by atoms with Crippen molar-refractivity contribution in [1.29, 1.82) is 0 Å². The molecule has 2 fully saturated rings. The van der Waals surface area contributed by atoms with Crippen LogP contribution in [0.4, 0.5) is 4.39 Å². The second kappa shape index (κ2) is 7.76. The van der Waals surface area contributed by atoms with Gasteiger partial charge in [-0.05, 0) is 32.6 Å². The number of alkyl halides is 1. The number of hydrogen-bond donors (Lipinski definition) is 0. The highest BCUT2D eigenvalue weighted by atomic mass is 31.2. The van der Waals surface area contributed by atoms with Crippen LogP contribution in [0.3, 0.4) is 0 Å². The van der Waals surface area contributed by atoms with Gasteiger partial charge < -0.3 is 9.30 Å². The standard InChI is InChI=1S/C16H28FO3P/c1-2-20-16(18)15(17)21(19,13-9-5-3-6-10-13)14-11-7-4-8-12-14/h13-15H,2-12H2,1H3. The molecule has 0 bridgehead atoms. The Morgan fingerprint density at radius 3 is 1.86 bits per heavy atom. The van der Waals surface area contributed by atoms with E-state index in [2.05, 4.69) is 0 Å². The van der Waals surface area contributed by atoms with E-state index in [1.807, 2.05) is 0 Å². The molecule has 0 amide bonds. The molecule has 122 valence electrons. The van der Waals surface area contributed by atoms with Crippen LogP contribution in [0, 0.1) is 0 Å². The molecular formula is C16H28FO3P. The summed E-state index contributed by atoms with van der Waals surface area (Å²) in [6.45, 7) is 1.81. The van der Waals surface area contributed by atoms with Gasteiger partial charge in [0.2, 0.25) is 5.91 Å². The molecule has 2 rings (SSSR count). The average Bonchev–Trinajstić information content (AvgIpc) is 2.55. The van der Waals surface area contributed by atoms with Gasteiger partial charge in [-0.2, -0.15) is 0 Å². The van der Waals surface area contributed by atoms with Crippen molar-refractivity contribution in [1.82, 2.24) is 0 Å². The molecule has 2 saturated carbocycles. The van der Waals surface area contributed by atoms with E-state index in [1.54, 1.807) is 6.92 Å². The van der Waals surface area contributed by atoms with Crippen LogP contribution in [0.2, 0.25) is 0 Å². The van der Waals surface area contributed by atoms with Crippen molar-refractivity contribution in [3.8, 4) is 0 Å². The first-order valence-corrected chi connectivity index (χ1v) is 10.4. The Morgan fingerprint density at radius 1 is 1.05 bits per heavy atom. The Labute approximate surface area is 127 Å². The van der Waals surface area contributed by atoms with Gasteiger partial charge in [0.15, 0.2) is 0 Å². The molecule has 21 heavy (non-hydrogen) atoms. The summed E-state index contributed by atoms with van der Waals surface area (Å²) in [5.74, 6) is -2.79. The summed E-state index contributed by atoms with van der Waals surface area (Å²) in [5, 5.41) is 0. The van der Waals surface area contributed by atoms with E-state index < -0.39 is 19.0 Å². The fourth-order valence-corrected chi connectivity index (χ4v) is 8.10. The quantitative estimate of drug-likeness (QED) is 0.536. The van der Waals surface area contributed by atoms with E-state index in [4.69, 9.17) is 4.74 Å². The van der Waals surface area contributed by atoms with Crippen LogP contribution < -0.4 is 0 Å². The number of esters is 1. The molecule has 0 aromatic carbocycles. The maximum atomic E-state index is 14.9. The van der Waals surface area contributed by atoms with Crippen LogP contribution in [-0.4, -0.2) is 29.8 Å². The summed E-state index contributed by atoms with van der Waals surface area (Å²) in [6.07, 6.45) is 9.57. The molecule has 2 aliphatic rings. The molecule has 0 radical (unpaired) electrons. The molecule has 0 aromatic rings. The van der Waals surface area contributed by atoms with Gasteiger partial charge in [0.1, 0.15) is 7.14 Å². The lowest BCUT2D eigenvalue weighted by molar-refractivity contribution is -0.145. The maximum absolute atomic E-state index is 14.9. The minimum Gasteiger partial charge on any atom is -0.463 e. The molecular weight excluding hydrogens is 290 g/mol. The minimum absolute atomic E-state index is 0.103. The van der Waals surface area contributed by atoms with Gasteiger partial charge in [-0.3, -0.25) is 0 Å². The highest BCUT2D eigenvalue weighted by Gasteiger charge is 2.50. The zero-order valence-electron chi connectivity index (χ0n) is 13.1. The number of hydrogen-bond acceptors (Lipinski definition) is 3.